The molecule has 2 N–H and O–H groups in total. The van der Waals surface area contributed by atoms with Gasteiger partial charge in [-0.25, -0.2) is 15.0 Å². The number of imidazole rings is 1. The number of thiazole rings is 1. The van der Waals surface area contributed by atoms with Gasteiger partial charge in [-0.2, -0.15) is 0 Å². The summed E-state index contributed by atoms with van der Waals surface area (Å²) in [5, 5.41) is 8.95. The van der Waals surface area contributed by atoms with Gasteiger partial charge in [0.2, 0.25) is 5.95 Å². The molecule has 0 amide bonds. The van der Waals surface area contributed by atoms with Crippen LogP contribution < -0.4 is 10.6 Å². The summed E-state index contributed by atoms with van der Waals surface area (Å²) in [5.74, 6) is 0.685. The Kier molecular flexibility index (Phi) is 4.54. The van der Waals surface area contributed by atoms with E-state index in [1.54, 1.807) is 11.3 Å². The normalized spacial score (nSPS) is 15.2. The first kappa shape index (κ1) is 17.3. The van der Waals surface area contributed by atoms with Crippen LogP contribution in [0.2, 0.25) is 0 Å². The third kappa shape index (κ3) is 3.27. The second-order valence-electron chi connectivity index (χ2n) is 7.17. The van der Waals surface area contributed by atoms with Gasteiger partial charge in [-0.3, -0.25) is 4.40 Å². The quantitative estimate of drug-likeness (QED) is 0.551. The predicted molar refractivity (Wildman–Crippen MR) is 114 cm³/mol. The van der Waals surface area contributed by atoms with Gasteiger partial charge in [0.15, 0.2) is 4.96 Å². The number of aryl methyl sites for hydroxylation is 1. The summed E-state index contributed by atoms with van der Waals surface area (Å²) >= 11 is 1.63. The Labute approximate surface area is 167 Å². The summed E-state index contributed by atoms with van der Waals surface area (Å²) in [7, 11) is 0. The lowest BCUT2D eigenvalue weighted by Crippen LogP contribution is -2.35. The Morgan fingerprint density at radius 1 is 1.18 bits per heavy atom. The van der Waals surface area contributed by atoms with Gasteiger partial charge in [-0.1, -0.05) is 23.8 Å². The molecule has 7 heteroatoms. The Morgan fingerprint density at radius 3 is 2.93 bits per heavy atom. The number of nitrogens with one attached hydrogen (secondary N) is 2. The largest absolute Gasteiger partial charge is 0.351 e. The summed E-state index contributed by atoms with van der Waals surface area (Å²) in [6.45, 7) is 4.17. The Morgan fingerprint density at radius 2 is 2.07 bits per heavy atom. The van der Waals surface area contributed by atoms with Crippen molar-refractivity contribution < 1.29 is 0 Å². The Bertz CT molecular complexity index is 1110. The fraction of sp³-hybridized carbons (Fsp3) is 0.286. The third-order valence-electron chi connectivity index (χ3n) is 5.12. The number of anilines is 1. The molecule has 0 bridgehead atoms. The van der Waals surface area contributed by atoms with Crippen molar-refractivity contribution in [2.45, 2.75) is 25.8 Å². The number of hydrogen-bond acceptors (Lipinski definition) is 6. The lowest BCUT2D eigenvalue weighted by atomic mass is 10.1. The molecule has 4 aromatic rings. The molecular weight excluding hydrogens is 368 g/mol. The van der Waals surface area contributed by atoms with Crippen LogP contribution in [0.25, 0.3) is 27.6 Å². The third-order valence-corrected chi connectivity index (χ3v) is 5.88. The van der Waals surface area contributed by atoms with E-state index in [0.717, 1.165) is 53.5 Å². The molecule has 1 fully saturated rings. The minimum Gasteiger partial charge on any atom is -0.351 e. The molecule has 5 rings (SSSR count). The zero-order chi connectivity index (χ0) is 18.9. The van der Waals surface area contributed by atoms with Gasteiger partial charge in [0.05, 0.1) is 11.4 Å². The molecule has 0 radical (unpaired) electrons. The first-order chi connectivity index (χ1) is 13.8. The minimum absolute atomic E-state index is 0.416. The molecule has 1 aromatic carbocycles. The van der Waals surface area contributed by atoms with Crippen molar-refractivity contribution in [2.75, 3.05) is 18.4 Å². The maximum atomic E-state index is 4.90. The number of aromatic nitrogens is 4. The van der Waals surface area contributed by atoms with Crippen molar-refractivity contribution in [1.82, 2.24) is 24.7 Å². The number of piperidine rings is 1. The average Bonchev–Trinajstić information content (AvgIpc) is 3.30. The molecule has 28 heavy (non-hydrogen) atoms. The standard InChI is InChI=1S/C21H22N6S/c1-14-3-2-4-15(13-14)18-19(27-11-12-28-21(27)26-18)17-7-10-23-20(25-17)24-16-5-8-22-9-6-16/h2-4,7,10-13,16,22H,5-6,8-9H2,1H3,(H,23,24,25). The predicted octanol–water partition coefficient (Wildman–Crippen LogP) is 3.99. The Hall–Kier alpha value is -2.77. The van der Waals surface area contributed by atoms with E-state index in [-0.39, 0.29) is 0 Å². The summed E-state index contributed by atoms with van der Waals surface area (Å²) in [4.78, 5) is 15.2. The summed E-state index contributed by atoms with van der Waals surface area (Å²) in [6.07, 6.45) is 6.06. The van der Waals surface area contributed by atoms with Crippen molar-refractivity contribution in [2.24, 2.45) is 0 Å². The summed E-state index contributed by atoms with van der Waals surface area (Å²) in [5.41, 5.74) is 5.18. The van der Waals surface area contributed by atoms with Crippen molar-refractivity contribution in [3.05, 3.63) is 53.7 Å². The highest BCUT2D eigenvalue weighted by molar-refractivity contribution is 7.15. The van der Waals surface area contributed by atoms with Gasteiger partial charge in [0, 0.05) is 29.4 Å². The lowest BCUT2D eigenvalue weighted by Gasteiger charge is -2.23. The topological polar surface area (TPSA) is 67.1 Å². The highest BCUT2D eigenvalue weighted by atomic mass is 32.1. The maximum absolute atomic E-state index is 4.90. The molecule has 4 heterocycles. The van der Waals surface area contributed by atoms with Crippen LogP contribution in [0.3, 0.4) is 0 Å². The van der Waals surface area contributed by atoms with Gasteiger partial charge in [0.25, 0.3) is 0 Å². The van der Waals surface area contributed by atoms with E-state index in [0.29, 0.717) is 12.0 Å². The monoisotopic (exact) mass is 390 g/mol. The number of nitrogens with zero attached hydrogens (tertiary/aromatic N) is 4. The molecule has 1 saturated heterocycles. The van der Waals surface area contributed by atoms with Crippen LogP contribution in [0.4, 0.5) is 5.95 Å². The van der Waals surface area contributed by atoms with Crippen molar-refractivity contribution in [1.29, 1.82) is 0 Å². The number of fused-ring (bicyclic) bond motifs is 1. The number of rotatable bonds is 4. The maximum Gasteiger partial charge on any atom is 0.223 e. The fourth-order valence-electron chi connectivity index (χ4n) is 3.73. The summed E-state index contributed by atoms with van der Waals surface area (Å²) in [6, 6.07) is 10.8. The first-order valence-corrected chi connectivity index (χ1v) is 10.5. The van der Waals surface area contributed by atoms with Crippen molar-refractivity contribution in [3.8, 4) is 22.6 Å². The van der Waals surface area contributed by atoms with Gasteiger partial charge in [-0.05, 0) is 45.0 Å². The van der Waals surface area contributed by atoms with E-state index in [9.17, 15) is 0 Å². The molecule has 3 aromatic heterocycles. The van der Waals surface area contributed by atoms with Crippen LogP contribution in [-0.2, 0) is 0 Å². The van der Waals surface area contributed by atoms with E-state index in [2.05, 4.69) is 62.8 Å². The zero-order valence-electron chi connectivity index (χ0n) is 15.7. The van der Waals surface area contributed by atoms with E-state index in [1.807, 2.05) is 12.3 Å². The van der Waals surface area contributed by atoms with Crippen LogP contribution in [0.1, 0.15) is 18.4 Å². The second kappa shape index (κ2) is 7.33. The average molecular weight is 391 g/mol. The highest BCUT2D eigenvalue weighted by Gasteiger charge is 2.19. The number of hydrogen-bond donors (Lipinski definition) is 2. The Balaban J connectivity index is 1.58. The molecule has 0 spiro atoms. The van der Waals surface area contributed by atoms with Crippen LogP contribution in [0, 0.1) is 6.92 Å². The highest BCUT2D eigenvalue weighted by Crippen LogP contribution is 2.34. The van der Waals surface area contributed by atoms with E-state index >= 15 is 0 Å². The smallest absolute Gasteiger partial charge is 0.223 e. The molecule has 1 aliphatic heterocycles. The molecule has 142 valence electrons. The lowest BCUT2D eigenvalue weighted by molar-refractivity contribution is 0.477. The molecule has 0 unspecified atom stereocenters. The number of benzene rings is 1. The molecule has 0 aliphatic carbocycles. The van der Waals surface area contributed by atoms with E-state index < -0.39 is 0 Å². The summed E-state index contributed by atoms with van der Waals surface area (Å²) < 4.78 is 2.12. The van der Waals surface area contributed by atoms with Crippen LogP contribution in [-0.4, -0.2) is 38.5 Å². The van der Waals surface area contributed by atoms with Gasteiger partial charge >= 0.3 is 0 Å². The van der Waals surface area contributed by atoms with Gasteiger partial charge in [-0.15, -0.1) is 11.3 Å². The molecule has 1 aliphatic rings. The van der Waals surface area contributed by atoms with Gasteiger partial charge in [0.1, 0.15) is 5.69 Å². The molecule has 6 nitrogen and oxygen atoms in total. The second-order valence-corrected chi connectivity index (χ2v) is 8.04. The molecule has 0 atom stereocenters. The molecular formula is C21H22N6S. The minimum atomic E-state index is 0.416. The SMILES string of the molecule is Cc1cccc(-c2nc3sccn3c2-c2ccnc(NC3CCNCC3)n2)c1. The van der Waals surface area contributed by atoms with E-state index in [4.69, 9.17) is 9.97 Å². The van der Waals surface area contributed by atoms with E-state index in [1.165, 1.54) is 5.56 Å². The zero-order valence-corrected chi connectivity index (χ0v) is 16.5. The molecule has 0 saturated carbocycles. The fourth-order valence-corrected chi connectivity index (χ4v) is 4.45. The van der Waals surface area contributed by atoms with Crippen molar-refractivity contribution in [3.63, 3.8) is 0 Å². The van der Waals surface area contributed by atoms with Crippen molar-refractivity contribution >= 4 is 22.2 Å². The van der Waals surface area contributed by atoms with Crippen LogP contribution >= 0.6 is 11.3 Å². The first-order valence-electron chi connectivity index (χ1n) is 9.61. The van der Waals surface area contributed by atoms with Gasteiger partial charge < -0.3 is 10.6 Å². The van der Waals surface area contributed by atoms with Crippen LogP contribution in [0.15, 0.2) is 48.1 Å². The van der Waals surface area contributed by atoms with Crippen LogP contribution in [0.5, 0.6) is 0 Å².